The fourth-order valence-corrected chi connectivity index (χ4v) is 8.80. The maximum absolute atomic E-state index is 11.7. The Balaban J connectivity index is 0.000000269. The Morgan fingerprint density at radius 2 is 1.63 bits per heavy atom. The van der Waals surface area contributed by atoms with E-state index in [0.29, 0.717) is 6.04 Å². The molecule has 1 aliphatic rings. The van der Waals surface area contributed by atoms with Gasteiger partial charge in [0.05, 0.1) is 11.3 Å². The first-order valence-corrected chi connectivity index (χ1v) is 17.3. The van der Waals surface area contributed by atoms with Gasteiger partial charge < -0.3 is 5.11 Å². The van der Waals surface area contributed by atoms with Gasteiger partial charge in [-0.05, 0) is 54.1 Å². The molecule has 1 N–H and O–H groups in total. The van der Waals surface area contributed by atoms with Crippen LogP contribution in [0.25, 0.3) is 42.3 Å². The molecule has 1 radical (unpaired) electrons. The van der Waals surface area contributed by atoms with E-state index in [-0.39, 0.29) is 54.3 Å². The van der Waals surface area contributed by atoms with Gasteiger partial charge in [0.1, 0.15) is 6.33 Å². The van der Waals surface area contributed by atoms with E-state index in [1.807, 2.05) is 58.0 Å². The molecular weight excluding hydrogens is 765 g/mol. The van der Waals surface area contributed by atoms with Crippen molar-refractivity contribution in [1.29, 1.82) is 0 Å². The zero-order chi connectivity index (χ0) is 33.4. The van der Waals surface area contributed by atoms with E-state index in [1.54, 1.807) is 17.7 Å². The zero-order valence-corrected chi connectivity index (χ0v) is 31.6. The van der Waals surface area contributed by atoms with Gasteiger partial charge in [0, 0.05) is 59.9 Å². The molecule has 0 bridgehead atoms. The summed E-state index contributed by atoms with van der Waals surface area (Å²) in [5, 5.41) is 12.8. The van der Waals surface area contributed by atoms with E-state index < -0.39 is 0 Å². The van der Waals surface area contributed by atoms with Crippen molar-refractivity contribution in [3.05, 3.63) is 83.9 Å². The zero-order valence-electron chi connectivity index (χ0n) is 29.4. The largest absolute Gasteiger partial charge is 0.512 e. The molecule has 5 aromatic rings. The summed E-state index contributed by atoms with van der Waals surface area (Å²) in [4.78, 5) is 21.1. The van der Waals surface area contributed by atoms with Crippen molar-refractivity contribution >= 4 is 48.2 Å². The van der Waals surface area contributed by atoms with Crippen LogP contribution in [0.4, 0.5) is 0 Å². The van der Waals surface area contributed by atoms with Gasteiger partial charge in [-0.25, -0.2) is 4.98 Å². The van der Waals surface area contributed by atoms with Crippen LogP contribution in [0.5, 0.6) is 0 Å². The molecule has 0 unspecified atom stereocenters. The van der Waals surface area contributed by atoms with Crippen molar-refractivity contribution in [2.24, 2.45) is 11.8 Å². The third-order valence-electron chi connectivity index (χ3n) is 9.62. The monoisotopic (exact) mass is 813 g/mol. The van der Waals surface area contributed by atoms with Crippen LogP contribution < -0.4 is 0 Å². The molecule has 1 aliphatic carbocycles. The number of carbonyl (C=O) groups excluding carboxylic acids is 1. The van der Waals surface area contributed by atoms with E-state index in [1.165, 1.54) is 27.3 Å². The molecule has 6 heteroatoms. The minimum absolute atomic E-state index is 0. The van der Waals surface area contributed by atoms with Crippen molar-refractivity contribution in [3.63, 3.8) is 0 Å². The molecule has 245 valence electrons. The number of benzene rings is 3. The van der Waals surface area contributed by atoms with E-state index in [2.05, 4.69) is 55.9 Å². The number of allylic oxidation sites excluding steroid dienone is 2. The van der Waals surface area contributed by atoms with Crippen molar-refractivity contribution in [1.82, 2.24) is 9.97 Å². The standard InChI is InChI=1S/C27H23N2S.C13H24O2.Ir/c1-26(2)14-27(3,4)21-20(26)12-11-19-23-25(30-24(19)21)22(28-15-29-23)18-10-9-16-7-5-6-8-17(16)13-18;1-5-10(6-2)12(14)9-13(15)11(7-3)8-4;/h5-12,15H,14H2,1-4H3;9-11,14H,5-8H2,1-4H3;/q-1;;/b;12-9-;/i9D;;. The molecule has 0 atom stereocenters. The second kappa shape index (κ2) is 14.5. The minimum atomic E-state index is 0. The van der Waals surface area contributed by atoms with E-state index in [0.717, 1.165) is 64.4 Å². The Labute approximate surface area is 293 Å². The number of fused-ring (bicyclic) bond motifs is 6. The van der Waals surface area contributed by atoms with Crippen LogP contribution in [-0.2, 0) is 35.7 Å². The molecule has 0 aliphatic heterocycles. The number of aliphatic hydroxyl groups excluding tert-OH is 1. The maximum Gasteiger partial charge on any atom is 0.162 e. The van der Waals surface area contributed by atoms with Crippen LogP contribution >= 0.6 is 11.3 Å². The summed E-state index contributed by atoms with van der Waals surface area (Å²) < 4.78 is 10.9. The first-order valence-electron chi connectivity index (χ1n) is 16.9. The average molecular weight is 813 g/mol. The quantitative estimate of drug-likeness (QED) is 0.0963. The first-order chi connectivity index (χ1) is 21.9. The van der Waals surface area contributed by atoms with Gasteiger partial charge in [0.2, 0.25) is 0 Å². The summed E-state index contributed by atoms with van der Waals surface area (Å²) in [5.41, 5.74) is 5.94. The van der Waals surface area contributed by atoms with Gasteiger partial charge in [-0.2, -0.15) is 0 Å². The molecule has 0 saturated carbocycles. The third-order valence-corrected chi connectivity index (χ3v) is 10.8. The summed E-state index contributed by atoms with van der Waals surface area (Å²) in [7, 11) is 0. The smallest absolute Gasteiger partial charge is 0.162 e. The Kier molecular flexibility index (Phi) is 10.8. The van der Waals surface area contributed by atoms with Crippen molar-refractivity contribution < 1.29 is 31.4 Å². The molecule has 4 nitrogen and oxygen atoms in total. The van der Waals surface area contributed by atoms with Crippen molar-refractivity contribution in [2.75, 3.05) is 0 Å². The van der Waals surface area contributed by atoms with Gasteiger partial charge in [0.15, 0.2) is 5.78 Å². The number of rotatable bonds is 8. The van der Waals surface area contributed by atoms with Crippen LogP contribution in [0.3, 0.4) is 0 Å². The molecule has 2 aromatic heterocycles. The van der Waals surface area contributed by atoms with E-state index in [9.17, 15) is 9.90 Å². The molecule has 0 saturated heterocycles. The number of hydrogen-bond donors (Lipinski definition) is 1. The Bertz CT molecular complexity index is 1940. The van der Waals surface area contributed by atoms with Gasteiger partial charge >= 0.3 is 0 Å². The SMILES string of the molecule is CCC(CC)C(=O)/C=C(\O)C(CC)CC.[2H]c1cc(-c2ncnc3c2sc2c4c(ccc23)C(C)(C)CC4(C)C)[c-]c2ccccc12.[Ir]. The molecule has 0 fully saturated rings. The van der Waals surface area contributed by atoms with Crippen LogP contribution in [0.15, 0.2) is 66.7 Å². The molecule has 2 heterocycles. The van der Waals surface area contributed by atoms with Crippen molar-refractivity contribution in [3.8, 4) is 11.3 Å². The average Bonchev–Trinajstić information content (AvgIpc) is 3.49. The fraction of sp³-hybridized carbons (Fsp3) is 0.425. The number of ketones is 1. The number of carbonyl (C=O) groups is 1. The van der Waals surface area contributed by atoms with Crippen LogP contribution in [-0.4, -0.2) is 20.9 Å². The molecule has 6 rings (SSSR count). The van der Waals surface area contributed by atoms with E-state index in [4.69, 9.17) is 1.37 Å². The number of nitrogens with zero attached hydrogens (tertiary/aromatic N) is 2. The number of thiophene rings is 1. The van der Waals surface area contributed by atoms with Crippen LogP contribution in [0.1, 0.15) is 100.0 Å². The predicted octanol–water partition coefficient (Wildman–Crippen LogP) is 11.3. The number of aromatic nitrogens is 2. The fourth-order valence-electron chi connectivity index (χ4n) is 7.31. The van der Waals surface area contributed by atoms with Crippen molar-refractivity contribution in [2.45, 2.75) is 98.3 Å². The Hall–Kier alpha value is -2.92. The second-order valence-electron chi connectivity index (χ2n) is 13.7. The number of aliphatic hydroxyl groups is 1. The van der Waals surface area contributed by atoms with Crippen LogP contribution in [0.2, 0.25) is 0 Å². The van der Waals surface area contributed by atoms with Gasteiger partial charge in [-0.3, -0.25) is 9.78 Å². The topological polar surface area (TPSA) is 63.1 Å². The third kappa shape index (κ3) is 6.86. The maximum atomic E-state index is 11.7. The first kappa shape index (κ1) is 34.4. The molecule has 3 aromatic carbocycles. The Morgan fingerprint density at radius 3 is 2.30 bits per heavy atom. The van der Waals surface area contributed by atoms with Crippen LogP contribution in [0, 0.1) is 17.9 Å². The summed E-state index contributed by atoms with van der Waals surface area (Å²) in [6.07, 6.45) is 7.70. The Morgan fingerprint density at radius 1 is 0.957 bits per heavy atom. The van der Waals surface area contributed by atoms with Gasteiger partial charge in [-0.15, -0.1) is 41.0 Å². The summed E-state index contributed by atoms with van der Waals surface area (Å²) in [6.45, 7) is 17.5. The molecule has 0 amide bonds. The predicted molar refractivity (Wildman–Crippen MR) is 191 cm³/mol. The normalized spacial score (nSPS) is 15.5. The second-order valence-corrected chi connectivity index (χ2v) is 14.7. The summed E-state index contributed by atoms with van der Waals surface area (Å²) in [6, 6.07) is 18.4. The van der Waals surface area contributed by atoms with Gasteiger partial charge in [0.25, 0.3) is 0 Å². The molecular formula is C40H47IrN2O2S-. The summed E-state index contributed by atoms with van der Waals surface area (Å²) >= 11 is 1.80. The van der Waals surface area contributed by atoms with E-state index >= 15 is 0 Å². The minimum Gasteiger partial charge on any atom is -0.512 e. The molecule has 0 spiro atoms. The van der Waals surface area contributed by atoms with Gasteiger partial charge in [-0.1, -0.05) is 96.7 Å². The number of hydrogen-bond acceptors (Lipinski definition) is 5. The summed E-state index contributed by atoms with van der Waals surface area (Å²) in [5.74, 6) is 0.547. The molecule has 46 heavy (non-hydrogen) atoms.